The van der Waals surface area contributed by atoms with Gasteiger partial charge in [-0.2, -0.15) is 0 Å². The summed E-state index contributed by atoms with van der Waals surface area (Å²) >= 11 is 5.12. The van der Waals surface area contributed by atoms with E-state index < -0.39 is 0 Å². The molecule has 0 amide bonds. The van der Waals surface area contributed by atoms with Gasteiger partial charge in [-0.3, -0.25) is 4.79 Å². The number of carbonyl (C=O) groups excluding carboxylic acids is 1. The van der Waals surface area contributed by atoms with Gasteiger partial charge in [-0.05, 0) is 11.8 Å². The molecule has 0 rings (SSSR count). The molecule has 0 aromatic heterocycles. The summed E-state index contributed by atoms with van der Waals surface area (Å²) in [7, 11) is 0. The molecule has 0 aromatic rings. The average molecular weight is 145 g/mol. The predicted molar refractivity (Wildman–Crippen MR) is 32.2 cm³/mol. The van der Waals surface area contributed by atoms with Crippen LogP contribution in [-0.2, 0) is 4.79 Å². The third kappa shape index (κ3) is 10.9. The molecule has 0 aliphatic carbocycles. The van der Waals surface area contributed by atoms with Gasteiger partial charge >= 0.3 is 29.6 Å². The molecular formula is C2H4NNaOS2. The number of nitrogens with two attached hydrogens (primary N) is 1. The first-order valence-corrected chi connectivity index (χ1v) is 2.46. The molecule has 36 valence electrons. The second-order valence-corrected chi connectivity index (χ2v) is 2.10. The summed E-state index contributed by atoms with van der Waals surface area (Å²) in [5.41, 5.74) is 5.47. The quantitative estimate of drug-likeness (QED) is 0.247. The fourth-order valence-electron chi connectivity index (χ4n) is 0.0474. The smallest absolute Gasteiger partial charge is 1.00 e. The number of carbonyl (C=O) groups is 1. The van der Waals surface area contributed by atoms with Crippen LogP contribution in [0.25, 0.3) is 0 Å². The zero-order valence-corrected chi connectivity index (χ0v) is 7.51. The first kappa shape index (κ1) is 10.8. The van der Waals surface area contributed by atoms with Crippen LogP contribution < -0.4 is 35.3 Å². The molecule has 0 unspecified atom stereocenters. The standard InChI is InChI=1S/C2H3NOS2.Na.H/c3-2(5)6-1-4;;/h1H,(H2,3,5);;/q;+1;-1. The van der Waals surface area contributed by atoms with Gasteiger partial charge in [0.1, 0.15) is 4.32 Å². The van der Waals surface area contributed by atoms with E-state index in [9.17, 15) is 4.79 Å². The Morgan fingerprint density at radius 1 is 2.00 bits per heavy atom. The molecule has 0 spiro atoms. The molecule has 0 heterocycles. The molecule has 0 saturated heterocycles. The maximum absolute atomic E-state index is 9.41. The van der Waals surface area contributed by atoms with Crippen LogP contribution in [0.15, 0.2) is 0 Å². The van der Waals surface area contributed by atoms with Crippen molar-refractivity contribution < 1.29 is 35.8 Å². The van der Waals surface area contributed by atoms with Crippen LogP contribution in [0.1, 0.15) is 1.43 Å². The zero-order valence-electron chi connectivity index (χ0n) is 4.88. The molecule has 0 aromatic carbocycles. The number of thiocarbonyl (C=S) groups is 1. The summed E-state index contributed by atoms with van der Waals surface area (Å²) in [5, 5.41) is 0. The van der Waals surface area contributed by atoms with Gasteiger partial charge in [-0.25, -0.2) is 0 Å². The Kier molecular flexibility index (Phi) is 10.7. The van der Waals surface area contributed by atoms with E-state index in [-0.39, 0.29) is 35.3 Å². The van der Waals surface area contributed by atoms with Crippen molar-refractivity contribution in [3.8, 4) is 0 Å². The van der Waals surface area contributed by atoms with Gasteiger partial charge in [0.05, 0.1) is 0 Å². The minimum absolute atomic E-state index is 0. The van der Waals surface area contributed by atoms with Crippen molar-refractivity contribution in [3.63, 3.8) is 0 Å². The summed E-state index contributed by atoms with van der Waals surface area (Å²) < 4.78 is 0.171. The zero-order chi connectivity index (χ0) is 4.99. The molecule has 0 radical (unpaired) electrons. The molecular weight excluding hydrogens is 141 g/mol. The Balaban J connectivity index is -0.000000125. The van der Waals surface area contributed by atoms with E-state index in [1.54, 1.807) is 0 Å². The monoisotopic (exact) mass is 145 g/mol. The molecule has 0 bridgehead atoms. The van der Waals surface area contributed by atoms with E-state index in [1.165, 1.54) is 0 Å². The fraction of sp³-hybridized carbons (Fsp3) is 0. The van der Waals surface area contributed by atoms with Crippen molar-refractivity contribution in [1.82, 2.24) is 0 Å². The Morgan fingerprint density at radius 2 is 2.43 bits per heavy atom. The second-order valence-electron chi connectivity index (χ2n) is 0.533. The van der Waals surface area contributed by atoms with Crippen molar-refractivity contribution in [1.29, 1.82) is 0 Å². The average Bonchev–Trinajstić information content (AvgIpc) is 1.35. The van der Waals surface area contributed by atoms with Crippen LogP contribution in [0.2, 0.25) is 0 Å². The number of hydrogen-bond donors (Lipinski definition) is 1. The van der Waals surface area contributed by atoms with Gasteiger partial charge < -0.3 is 7.16 Å². The number of thioether (sulfide) groups is 1. The minimum atomic E-state index is 0. The van der Waals surface area contributed by atoms with Gasteiger partial charge in [-0.15, -0.1) is 0 Å². The van der Waals surface area contributed by atoms with E-state index in [1.807, 2.05) is 0 Å². The van der Waals surface area contributed by atoms with Gasteiger partial charge in [0.2, 0.25) is 0 Å². The molecule has 0 aliphatic heterocycles. The Bertz CT molecular complexity index is 80.4. The van der Waals surface area contributed by atoms with Crippen LogP contribution in [-0.4, -0.2) is 9.94 Å². The maximum atomic E-state index is 9.41. The fourth-order valence-corrected chi connectivity index (χ4v) is 0.260. The summed E-state index contributed by atoms with van der Waals surface area (Å²) in [6.07, 6.45) is 0. The van der Waals surface area contributed by atoms with Crippen molar-refractivity contribution >= 4 is 33.9 Å². The number of hydrogen-bond acceptors (Lipinski definition) is 3. The van der Waals surface area contributed by atoms with Crippen LogP contribution in [0, 0.1) is 0 Å². The Morgan fingerprint density at radius 3 is 2.43 bits per heavy atom. The topological polar surface area (TPSA) is 43.1 Å². The Labute approximate surface area is 75.0 Å². The molecule has 2 N–H and O–H groups in total. The molecule has 2 nitrogen and oxygen atoms in total. The van der Waals surface area contributed by atoms with Crippen molar-refractivity contribution in [3.05, 3.63) is 0 Å². The van der Waals surface area contributed by atoms with E-state index in [0.29, 0.717) is 5.62 Å². The second kappa shape index (κ2) is 6.91. The molecule has 0 saturated carbocycles. The first-order chi connectivity index (χ1) is 2.77. The van der Waals surface area contributed by atoms with Gasteiger partial charge in [0.25, 0.3) is 0 Å². The van der Waals surface area contributed by atoms with E-state index in [0.717, 1.165) is 11.8 Å². The van der Waals surface area contributed by atoms with E-state index in [2.05, 4.69) is 12.2 Å². The third-order valence-corrected chi connectivity index (χ3v) is 0.781. The van der Waals surface area contributed by atoms with E-state index in [4.69, 9.17) is 5.73 Å². The Hall–Kier alpha value is 0.910. The van der Waals surface area contributed by atoms with Gasteiger partial charge in [-0.1, -0.05) is 12.2 Å². The van der Waals surface area contributed by atoms with Gasteiger partial charge in [0.15, 0.2) is 5.62 Å². The van der Waals surface area contributed by atoms with E-state index >= 15 is 0 Å². The normalized spacial score (nSPS) is 6.29. The molecule has 5 heteroatoms. The first-order valence-electron chi connectivity index (χ1n) is 1.17. The SMILES string of the molecule is NC(=S)SC=O.[H-].[Na+]. The minimum Gasteiger partial charge on any atom is -1.00 e. The maximum Gasteiger partial charge on any atom is 1.00 e. The van der Waals surface area contributed by atoms with Crippen LogP contribution >= 0.6 is 24.0 Å². The summed E-state index contributed by atoms with van der Waals surface area (Å²) in [4.78, 5) is 9.41. The molecule has 0 atom stereocenters. The summed E-state index contributed by atoms with van der Waals surface area (Å²) in [5.74, 6) is 0. The van der Waals surface area contributed by atoms with Crippen molar-refractivity contribution in [2.75, 3.05) is 0 Å². The van der Waals surface area contributed by atoms with Crippen molar-refractivity contribution in [2.45, 2.75) is 0 Å². The van der Waals surface area contributed by atoms with Gasteiger partial charge in [0, 0.05) is 0 Å². The summed E-state index contributed by atoms with van der Waals surface area (Å²) in [6, 6.07) is 0. The number of rotatable bonds is 1. The van der Waals surface area contributed by atoms with Crippen LogP contribution in [0.4, 0.5) is 0 Å². The predicted octanol–water partition coefficient (Wildman–Crippen LogP) is -2.73. The summed E-state index contributed by atoms with van der Waals surface area (Å²) in [6.45, 7) is 0. The van der Waals surface area contributed by atoms with Crippen LogP contribution in [0.3, 0.4) is 0 Å². The molecule has 0 aliphatic rings. The molecule has 7 heavy (non-hydrogen) atoms. The van der Waals surface area contributed by atoms with Crippen LogP contribution in [0.5, 0.6) is 0 Å². The molecule has 0 fully saturated rings. The largest absolute Gasteiger partial charge is 1.00 e. The van der Waals surface area contributed by atoms with Crippen molar-refractivity contribution in [2.24, 2.45) is 5.73 Å². The third-order valence-electron chi connectivity index (χ3n) is 0.164.